The van der Waals surface area contributed by atoms with Gasteiger partial charge in [-0.15, -0.1) is 4.74 Å². The normalized spacial score (nSPS) is 11.0. The molecule has 0 unspecified atom stereocenters. The van der Waals surface area contributed by atoms with Crippen LogP contribution in [0.15, 0.2) is 0 Å². The molecule has 0 aliphatic rings. The highest BCUT2D eigenvalue weighted by atomic mass is 19.3. The summed E-state index contributed by atoms with van der Waals surface area (Å²) < 4.78 is 22.8. The maximum Gasteiger partial charge on any atom is 0.467 e. The SMILES string of the molecule is C=[N+]([O-])C(=O)C(C)(F)F. The van der Waals surface area contributed by atoms with E-state index in [2.05, 4.69) is 6.72 Å². The lowest BCUT2D eigenvalue weighted by molar-refractivity contribution is -0.390. The van der Waals surface area contributed by atoms with Crippen molar-refractivity contribution in [2.24, 2.45) is 0 Å². The highest BCUT2D eigenvalue weighted by molar-refractivity contribution is 5.76. The summed E-state index contributed by atoms with van der Waals surface area (Å²) in [7, 11) is 0. The van der Waals surface area contributed by atoms with Crippen molar-refractivity contribution in [2.75, 3.05) is 0 Å². The van der Waals surface area contributed by atoms with Gasteiger partial charge in [-0.2, -0.15) is 8.78 Å². The third-order valence-corrected chi connectivity index (χ3v) is 0.602. The van der Waals surface area contributed by atoms with Crippen LogP contribution in [-0.4, -0.2) is 23.3 Å². The van der Waals surface area contributed by atoms with E-state index in [-0.39, 0.29) is 0 Å². The highest BCUT2D eigenvalue weighted by Gasteiger charge is 2.39. The molecule has 0 saturated heterocycles. The van der Waals surface area contributed by atoms with Crippen LogP contribution in [0.5, 0.6) is 0 Å². The van der Waals surface area contributed by atoms with Crippen molar-refractivity contribution in [3.05, 3.63) is 5.21 Å². The number of hydrogen-bond donors (Lipinski definition) is 0. The number of carbonyl (C=O) groups excluding carboxylic acids is 1. The van der Waals surface area contributed by atoms with E-state index in [1.165, 1.54) is 0 Å². The van der Waals surface area contributed by atoms with Crippen molar-refractivity contribution in [3.8, 4) is 0 Å². The predicted molar refractivity (Wildman–Crippen MR) is 26.4 cm³/mol. The molecule has 0 N–H and O–H groups in total. The highest BCUT2D eigenvalue weighted by Crippen LogP contribution is 2.11. The van der Waals surface area contributed by atoms with E-state index in [0.717, 1.165) is 0 Å². The number of alkyl halides is 2. The lowest BCUT2D eigenvalue weighted by Gasteiger charge is -2.04. The molecular weight excluding hydrogens is 132 g/mol. The topological polar surface area (TPSA) is 43.1 Å². The number of hydroxylamine groups is 1. The zero-order valence-electron chi connectivity index (χ0n) is 4.73. The number of amides is 1. The molecule has 0 heterocycles. The summed E-state index contributed by atoms with van der Waals surface area (Å²) in [5, 5.41) is 9.77. The van der Waals surface area contributed by atoms with Crippen LogP contribution < -0.4 is 0 Å². The van der Waals surface area contributed by atoms with Crippen molar-refractivity contribution >= 4 is 12.6 Å². The zero-order chi connectivity index (χ0) is 7.65. The third kappa shape index (κ3) is 2.16. The van der Waals surface area contributed by atoms with Gasteiger partial charge >= 0.3 is 11.8 Å². The van der Waals surface area contributed by atoms with Gasteiger partial charge in [0.2, 0.25) is 0 Å². The van der Waals surface area contributed by atoms with Crippen LogP contribution in [0.1, 0.15) is 6.92 Å². The Morgan fingerprint density at radius 1 is 1.78 bits per heavy atom. The van der Waals surface area contributed by atoms with Gasteiger partial charge in [0.25, 0.3) is 0 Å². The molecule has 0 bridgehead atoms. The Kier molecular flexibility index (Phi) is 1.85. The first-order chi connectivity index (χ1) is 3.85. The standard InChI is InChI=1S/C4H5F2NO2/c1-4(5,6)3(8)7(2)9/h2H2,1H3. The van der Waals surface area contributed by atoms with Crippen LogP contribution in [-0.2, 0) is 4.79 Å². The van der Waals surface area contributed by atoms with E-state index < -0.39 is 16.6 Å². The summed E-state index contributed by atoms with van der Waals surface area (Å²) in [4.78, 5) is 9.97. The Bertz CT molecular complexity index is 149. The maximum atomic E-state index is 11.7. The largest absolute Gasteiger partial charge is 0.616 e. The van der Waals surface area contributed by atoms with Crippen LogP contribution in [0.25, 0.3) is 0 Å². The Hall–Kier alpha value is -1.00. The Morgan fingerprint density at radius 3 is 2.11 bits per heavy atom. The van der Waals surface area contributed by atoms with Gasteiger partial charge in [-0.05, 0) is 0 Å². The van der Waals surface area contributed by atoms with Crippen molar-refractivity contribution in [2.45, 2.75) is 12.8 Å². The lowest BCUT2D eigenvalue weighted by Crippen LogP contribution is -2.31. The number of halogens is 2. The number of rotatable bonds is 1. The number of nitrogens with zero attached hydrogens (tertiary/aromatic N) is 1. The summed E-state index contributed by atoms with van der Waals surface area (Å²) in [6, 6.07) is 0. The fourth-order valence-corrected chi connectivity index (χ4v) is 0.219. The number of hydrogen-bond acceptors (Lipinski definition) is 2. The van der Waals surface area contributed by atoms with Gasteiger partial charge < -0.3 is 5.21 Å². The minimum Gasteiger partial charge on any atom is -0.616 e. The fraction of sp³-hybridized carbons (Fsp3) is 0.500. The summed E-state index contributed by atoms with van der Waals surface area (Å²) in [6.07, 6.45) is 0. The van der Waals surface area contributed by atoms with E-state index in [0.29, 0.717) is 6.92 Å². The van der Waals surface area contributed by atoms with E-state index in [1.54, 1.807) is 0 Å². The molecule has 3 nitrogen and oxygen atoms in total. The van der Waals surface area contributed by atoms with Gasteiger partial charge in [0.15, 0.2) is 0 Å². The van der Waals surface area contributed by atoms with Crippen LogP contribution in [0.2, 0.25) is 0 Å². The third-order valence-electron chi connectivity index (χ3n) is 0.602. The molecule has 0 radical (unpaired) electrons. The molecule has 0 aromatic heterocycles. The van der Waals surface area contributed by atoms with Crippen molar-refractivity contribution in [3.63, 3.8) is 0 Å². The molecule has 0 aliphatic carbocycles. The Labute approximate surface area is 50.2 Å². The van der Waals surface area contributed by atoms with E-state index >= 15 is 0 Å². The molecule has 0 fully saturated rings. The molecule has 0 aromatic carbocycles. The average Bonchev–Trinajstić information content (AvgIpc) is 1.62. The molecule has 0 atom stereocenters. The molecular formula is C4H5F2NO2. The number of carbonyl (C=O) groups is 1. The van der Waals surface area contributed by atoms with Gasteiger partial charge in [-0.1, -0.05) is 0 Å². The molecule has 0 rings (SSSR count). The van der Waals surface area contributed by atoms with Gasteiger partial charge in [-0.3, -0.25) is 0 Å². The summed E-state index contributed by atoms with van der Waals surface area (Å²) in [5.41, 5.74) is 0. The molecule has 9 heavy (non-hydrogen) atoms. The minimum absolute atomic E-state index is 0.339. The molecule has 0 aromatic rings. The van der Waals surface area contributed by atoms with Crippen LogP contribution in [0.4, 0.5) is 8.78 Å². The summed E-state index contributed by atoms with van der Waals surface area (Å²) in [6.45, 7) is 2.79. The zero-order valence-corrected chi connectivity index (χ0v) is 4.73. The predicted octanol–water partition coefficient (Wildman–Crippen LogP) is 0.379. The van der Waals surface area contributed by atoms with Gasteiger partial charge in [-0.25, -0.2) is 4.79 Å². The molecule has 1 amide bonds. The molecule has 0 saturated carbocycles. The van der Waals surface area contributed by atoms with Crippen LogP contribution >= 0.6 is 0 Å². The van der Waals surface area contributed by atoms with Crippen molar-refractivity contribution in [1.82, 2.24) is 0 Å². The van der Waals surface area contributed by atoms with Gasteiger partial charge in [0.1, 0.15) is 6.72 Å². The Morgan fingerprint density at radius 2 is 2.11 bits per heavy atom. The van der Waals surface area contributed by atoms with Gasteiger partial charge in [0.05, 0.1) is 0 Å². The monoisotopic (exact) mass is 137 g/mol. The summed E-state index contributed by atoms with van der Waals surface area (Å²) in [5.74, 6) is -5.44. The van der Waals surface area contributed by atoms with Crippen LogP contribution in [0.3, 0.4) is 0 Å². The van der Waals surface area contributed by atoms with E-state index in [4.69, 9.17) is 0 Å². The molecule has 52 valence electrons. The second-order valence-corrected chi connectivity index (χ2v) is 1.57. The second-order valence-electron chi connectivity index (χ2n) is 1.57. The van der Waals surface area contributed by atoms with E-state index in [9.17, 15) is 18.8 Å². The van der Waals surface area contributed by atoms with E-state index in [1.807, 2.05) is 0 Å². The Balaban J connectivity index is 4.23. The molecule has 0 spiro atoms. The van der Waals surface area contributed by atoms with Crippen molar-refractivity contribution < 1.29 is 18.3 Å². The average molecular weight is 137 g/mol. The first kappa shape index (κ1) is 8.00. The lowest BCUT2D eigenvalue weighted by atomic mass is 10.4. The first-order valence-corrected chi connectivity index (χ1v) is 2.05. The molecule has 0 aliphatic heterocycles. The minimum atomic E-state index is -3.61. The quantitative estimate of drug-likeness (QED) is 0.227. The molecule has 5 heteroatoms. The van der Waals surface area contributed by atoms with Crippen molar-refractivity contribution in [1.29, 1.82) is 0 Å². The summed E-state index contributed by atoms with van der Waals surface area (Å²) >= 11 is 0. The van der Waals surface area contributed by atoms with Gasteiger partial charge in [0, 0.05) is 6.92 Å². The second kappa shape index (κ2) is 2.08. The maximum absolute atomic E-state index is 11.7. The fourth-order valence-electron chi connectivity index (χ4n) is 0.219. The van der Waals surface area contributed by atoms with Crippen LogP contribution in [0, 0.1) is 5.21 Å². The first-order valence-electron chi connectivity index (χ1n) is 2.05. The smallest absolute Gasteiger partial charge is 0.467 e.